The first-order valence-electron chi connectivity index (χ1n) is 6.30. The molecule has 6 heteroatoms. The highest BCUT2D eigenvalue weighted by atomic mass is 32.1. The van der Waals surface area contributed by atoms with Crippen LogP contribution in [-0.4, -0.2) is 35.6 Å². The minimum Gasteiger partial charge on any atom is -0.382 e. The predicted octanol–water partition coefficient (Wildman–Crippen LogP) is 1.70. The Morgan fingerprint density at radius 2 is 2.16 bits per heavy atom. The molecule has 1 heterocycles. The number of ether oxygens (including phenoxy) is 1. The van der Waals surface area contributed by atoms with E-state index in [0.717, 1.165) is 37.5 Å². The molecule has 104 valence electrons. The Balaban J connectivity index is 2.25. The number of nitrogens with zero attached hydrogens (tertiary/aromatic N) is 2. The van der Waals surface area contributed by atoms with Crippen molar-refractivity contribution in [3.63, 3.8) is 0 Å². The molecule has 0 spiro atoms. The topological polar surface area (TPSA) is 58.5 Å². The van der Waals surface area contributed by atoms with Crippen LogP contribution in [0.1, 0.15) is 25.8 Å². The molecule has 0 aromatic carbocycles. The molecule has 0 atom stereocenters. The summed E-state index contributed by atoms with van der Waals surface area (Å²) in [5, 5.41) is 7.80. The summed E-state index contributed by atoms with van der Waals surface area (Å²) in [5.74, 6) is 0. The van der Waals surface area contributed by atoms with Gasteiger partial charge in [-0.15, -0.1) is 0 Å². The lowest BCUT2D eigenvalue weighted by Crippen LogP contribution is -2.33. The number of aromatic nitrogens is 1. The first-order valence-corrected chi connectivity index (χ1v) is 6.71. The number of hydrogen-bond donors (Lipinski definition) is 2. The molecule has 5 nitrogen and oxygen atoms in total. The van der Waals surface area contributed by atoms with Crippen LogP contribution in [0.4, 0.5) is 0 Å². The average molecular weight is 280 g/mol. The van der Waals surface area contributed by atoms with Gasteiger partial charge in [0.25, 0.3) is 0 Å². The van der Waals surface area contributed by atoms with Crippen LogP contribution in [0.5, 0.6) is 0 Å². The normalized spacial score (nSPS) is 11.2. The molecular formula is C13H20N4OS. The van der Waals surface area contributed by atoms with E-state index in [1.165, 1.54) is 0 Å². The highest BCUT2D eigenvalue weighted by Gasteiger charge is 1.97. The van der Waals surface area contributed by atoms with Crippen molar-refractivity contribution in [3.05, 3.63) is 30.1 Å². The summed E-state index contributed by atoms with van der Waals surface area (Å²) in [6.45, 7) is 6.16. The largest absolute Gasteiger partial charge is 0.382 e. The van der Waals surface area contributed by atoms with E-state index in [9.17, 15) is 0 Å². The van der Waals surface area contributed by atoms with Gasteiger partial charge >= 0.3 is 0 Å². The lowest BCUT2D eigenvalue weighted by Gasteiger charge is -2.08. The van der Waals surface area contributed by atoms with E-state index in [1.807, 2.05) is 26.0 Å². The summed E-state index contributed by atoms with van der Waals surface area (Å²) >= 11 is 5.12. The van der Waals surface area contributed by atoms with Crippen LogP contribution >= 0.6 is 12.2 Å². The molecule has 1 rings (SSSR count). The molecule has 0 saturated carbocycles. The molecule has 2 N–H and O–H groups in total. The van der Waals surface area contributed by atoms with Crippen LogP contribution in [0.15, 0.2) is 29.6 Å². The summed E-state index contributed by atoms with van der Waals surface area (Å²) in [4.78, 5) is 3.96. The molecule has 0 radical (unpaired) electrons. The van der Waals surface area contributed by atoms with Crippen LogP contribution in [0.25, 0.3) is 0 Å². The fourth-order valence-corrected chi connectivity index (χ4v) is 1.50. The van der Waals surface area contributed by atoms with Gasteiger partial charge in [0.05, 0.1) is 5.71 Å². The molecule has 0 bridgehead atoms. The number of hydrazone groups is 1. The van der Waals surface area contributed by atoms with Crippen molar-refractivity contribution in [2.45, 2.75) is 20.3 Å². The van der Waals surface area contributed by atoms with Crippen molar-refractivity contribution in [1.29, 1.82) is 0 Å². The number of nitrogens with one attached hydrogen (secondary N) is 2. The average Bonchev–Trinajstić information content (AvgIpc) is 2.45. The van der Waals surface area contributed by atoms with Gasteiger partial charge in [-0.1, -0.05) is 0 Å². The van der Waals surface area contributed by atoms with Gasteiger partial charge in [0.2, 0.25) is 0 Å². The van der Waals surface area contributed by atoms with Gasteiger partial charge in [0, 0.05) is 37.7 Å². The van der Waals surface area contributed by atoms with Crippen molar-refractivity contribution in [2.75, 3.05) is 19.8 Å². The monoisotopic (exact) mass is 280 g/mol. The van der Waals surface area contributed by atoms with Gasteiger partial charge < -0.3 is 10.1 Å². The van der Waals surface area contributed by atoms with Crippen LogP contribution in [-0.2, 0) is 4.74 Å². The molecule has 0 fully saturated rings. The van der Waals surface area contributed by atoms with Crippen LogP contribution < -0.4 is 10.7 Å². The summed E-state index contributed by atoms with van der Waals surface area (Å²) in [6.07, 6.45) is 4.39. The zero-order valence-corrected chi connectivity index (χ0v) is 12.2. The van der Waals surface area contributed by atoms with Crippen molar-refractivity contribution in [2.24, 2.45) is 5.10 Å². The molecule has 0 saturated heterocycles. The predicted molar refractivity (Wildman–Crippen MR) is 81.3 cm³/mol. The fourth-order valence-electron chi connectivity index (χ4n) is 1.35. The standard InChI is InChI=1S/C13H20N4OS/c1-3-18-10-4-7-15-13(19)17-16-11(2)12-5-8-14-9-6-12/h5-6,8-9H,3-4,7,10H2,1-2H3,(H2,15,17,19)/b16-11-. The minimum absolute atomic E-state index is 0.518. The van der Waals surface area contributed by atoms with E-state index < -0.39 is 0 Å². The van der Waals surface area contributed by atoms with E-state index in [4.69, 9.17) is 17.0 Å². The summed E-state index contributed by atoms with van der Waals surface area (Å²) in [7, 11) is 0. The minimum atomic E-state index is 0.518. The highest BCUT2D eigenvalue weighted by Crippen LogP contribution is 1.97. The fraction of sp³-hybridized carbons (Fsp3) is 0.462. The van der Waals surface area contributed by atoms with Gasteiger partial charge in [-0.05, 0) is 44.6 Å². The SMILES string of the molecule is CCOCCCNC(=S)N/N=C(/C)c1ccncc1. The quantitative estimate of drug-likeness (QED) is 0.344. The van der Waals surface area contributed by atoms with Gasteiger partial charge in [-0.25, -0.2) is 0 Å². The second-order valence-corrected chi connectivity index (χ2v) is 4.26. The maximum atomic E-state index is 5.23. The smallest absolute Gasteiger partial charge is 0.186 e. The Morgan fingerprint density at radius 3 is 2.84 bits per heavy atom. The Labute approximate surface area is 119 Å². The summed E-state index contributed by atoms with van der Waals surface area (Å²) in [6, 6.07) is 3.80. The third-order valence-corrected chi connectivity index (χ3v) is 2.61. The summed E-state index contributed by atoms with van der Waals surface area (Å²) < 4.78 is 5.23. The second-order valence-electron chi connectivity index (χ2n) is 3.85. The van der Waals surface area contributed by atoms with E-state index in [1.54, 1.807) is 12.4 Å². The Hall–Kier alpha value is -1.53. The Bertz CT molecular complexity index is 408. The van der Waals surface area contributed by atoms with Gasteiger partial charge in [0.1, 0.15) is 0 Å². The third-order valence-electron chi connectivity index (χ3n) is 2.38. The van der Waals surface area contributed by atoms with Gasteiger partial charge in [-0.3, -0.25) is 10.4 Å². The maximum Gasteiger partial charge on any atom is 0.186 e. The van der Waals surface area contributed by atoms with Gasteiger partial charge in [0.15, 0.2) is 5.11 Å². The molecule has 0 aliphatic rings. The molecule has 0 aliphatic carbocycles. The van der Waals surface area contributed by atoms with Gasteiger partial charge in [-0.2, -0.15) is 5.10 Å². The van der Waals surface area contributed by atoms with Crippen molar-refractivity contribution in [1.82, 2.24) is 15.7 Å². The second kappa shape index (κ2) is 9.41. The van der Waals surface area contributed by atoms with E-state index in [-0.39, 0.29) is 0 Å². The zero-order chi connectivity index (χ0) is 13.9. The molecular weight excluding hydrogens is 260 g/mol. The molecule has 0 unspecified atom stereocenters. The molecule has 0 amide bonds. The lowest BCUT2D eigenvalue weighted by molar-refractivity contribution is 0.145. The molecule has 1 aromatic rings. The van der Waals surface area contributed by atoms with E-state index >= 15 is 0 Å². The van der Waals surface area contributed by atoms with E-state index in [2.05, 4.69) is 20.8 Å². The first kappa shape index (κ1) is 15.5. The zero-order valence-electron chi connectivity index (χ0n) is 11.3. The lowest BCUT2D eigenvalue weighted by atomic mass is 10.2. The molecule has 0 aliphatic heterocycles. The third kappa shape index (κ3) is 6.83. The number of thiocarbonyl (C=S) groups is 1. The van der Waals surface area contributed by atoms with Crippen molar-refractivity contribution < 1.29 is 4.74 Å². The number of rotatable bonds is 7. The van der Waals surface area contributed by atoms with E-state index in [0.29, 0.717) is 5.11 Å². The molecule has 1 aromatic heterocycles. The van der Waals surface area contributed by atoms with Crippen LogP contribution in [0, 0.1) is 0 Å². The molecule has 19 heavy (non-hydrogen) atoms. The Kier molecular flexibility index (Phi) is 7.69. The van der Waals surface area contributed by atoms with Crippen LogP contribution in [0.2, 0.25) is 0 Å². The number of pyridine rings is 1. The first-order chi connectivity index (χ1) is 9.24. The summed E-state index contributed by atoms with van der Waals surface area (Å²) in [5.41, 5.74) is 4.70. The maximum absolute atomic E-state index is 5.23. The number of hydrogen-bond acceptors (Lipinski definition) is 4. The van der Waals surface area contributed by atoms with Crippen molar-refractivity contribution >= 4 is 23.0 Å². The highest BCUT2D eigenvalue weighted by molar-refractivity contribution is 7.80. The van der Waals surface area contributed by atoms with Crippen molar-refractivity contribution in [3.8, 4) is 0 Å². The Morgan fingerprint density at radius 1 is 1.42 bits per heavy atom. The van der Waals surface area contributed by atoms with Crippen LogP contribution in [0.3, 0.4) is 0 Å².